The summed E-state index contributed by atoms with van der Waals surface area (Å²) in [5.74, 6) is 2.48. The second-order valence-electron chi connectivity index (χ2n) is 12.0. The van der Waals surface area contributed by atoms with E-state index in [9.17, 15) is 5.11 Å². The van der Waals surface area contributed by atoms with E-state index in [1.807, 2.05) is 12.1 Å². The number of allylic oxidation sites excluding steroid dienone is 8. The molecule has 0 amide bonds. The number of benzene rings is 1. The Morgan fingerprint density at radius 3 is 1.84 bits per heavy atom. The third-order valence-electron chi connectivity index (χ3n) is 7.25. The molecule has 0 spiro atoms. The van der Waals surface area contributed by atoms with Gasteiger partial charge in [0.25, 0.3) is 0 Å². The van der Waals surface area contributed by atoms with Gasteiger partial charge in [-0.2, -0.15) is 0 Å². The number of hydrogen-bond donors (Lipinski definition) is 1. The van der Waals surface area contributed by atoms with E-state index in [2.05, 4.69) is 71.1 Å². The predicted octanol–water partition coefficient (Wildman–Crippen LogP) is 8.72. The maximum atomic E-state index is 10.9. The fraction of sp³-hybridized carbons (Fsp3) is 0.485. The summed E-state index contributed by atoms with van der Waals surface area (Å²) < 4.78 is 5.91. The third kappa shape index (κ3) is 7.43. The van der Waals surface area contributed by atoms with Crippen LogP contribution in [0.25, 0.3) is 22.5 Å². The van der Waals surface area contributed by atoms with E-state index in [-0.39, 0.29) is 16.6 Å². The molecule has 2 aromatic rings. The summed E-state index contributed by atoms with van der Waals surface area (Å²) in [4.78, 5) is 14.5. The van der Waals surface area contributed by atoms with Gasteiger partial charge in [0.15, 0.2) is 17.5 Å². The van der Waals surface area contributed by atoms with E-state index in [1.54, 1.807) is 6.07 Å². The molecule has 1 aromatic carbocycles. The van der Waals surface area contributed by atoms with Crippen molar-refractivity contribution in [3.05, 3.63) is 66.3 Å². The second-order valence-corrected chi connectivity index (χ2v) is 12.0. The average molecular weight is 514 g/mol. The molecule has 202 valence electrons. The first-order chi connectivity index (χ1) is 18.2. The molecule has 0 saturated carbocycles. The van der Waals surface area contributed by atoms with E-state index in [0.717, 1.165) is 30.4 Å². The van der Waals surface area contributed by atoms with Gasteiger partial charge in [-0.15, -0.1) is 0 Å². The summed E-state index contributed by atoms with van der Waals surface area (Å²) in [6, 6.07) is 5.40. The summed E-state index contributed by atoms with van der Waals surface area (Å²) >= 11 is 0. The number of ether oxygens (including phenoxy) is 1. The van der Waals surface area contributed by atoms with Crippen LogP contribution in [0, 0.1) is 10.8 Å². The Hall–Kier alpha value is -3.21. The van der Waals surface area contributed by atoms with E-state index in [0.29, 0.717) is 35.4 Å². The van der Waals surface area contributed by atoms with Gasteiger partial charge in [-0.3, -0.25) is 0 Å². The lowest BCUT2D eigenvalue weighted by atomic mass is 9.83. The molecule has 5 heteroatoms. The molecule has 5 nitrogen and oxygen atoms in total. The molecule has 0 radical (unpaired) electrons. The first-order valence-corrected chi connectivity index (χ1v) is 14.2. The van der Waals surface area contributed by atoms with Gasteiger partial charge in [-0.25, -0.2) is 15.0 Å². The van der Waals surface area contributed by atoms with Gasteiger partial charge < -0.3 is 9.84 Å². The molecule has 1 N–H and O–H groups in total. The smallest absolute Gasteiger partial charge is 0.167 e. The number of aromatic hydroxyl groups is 1. The maximum absolute atomic E-state index is 10.9. The molecule has 0 aliphatic heterocycles. The minimum absolute atomic E-state index is 0.108. The summed E-state index contributed by atoms with van der Waals surface area (Å²) in [5, 5.41) is 10.9. The van der Waals surface area contributed by atoms with Crippen LogP contribution in [-0.2, 0) is 0 Å². The van der Waals surface area contributed by atoms with Crippen molar-refractivity contribution < 1.29 is 9.84 Å². The van der Waals surface area contributed by atoms with Crippen molar-refractivity contribution in [3.8, 4) is 22.9 Å². The monoisotopic (exact) mass is 513 g/mol. The number of nitrogens with zero attached hydrogens (tertiary/aromatic N) is 3. The Kier molecular flexibility index (Phi) is 8.86. The van der Waals surface area contributed by atoms with Gasteiger partial charge in [-0.05, 0) is 42.2 Å². The minimum Gasteiger partial charge on any atom is -0.507 e. The average Bonchev–Trinajstić information content (AvgIpc) is 2.88. The molecule has 0 fully saturated rings. The largest absolute Gasteiger partial charge is 0.507 e. The van der Waals surface area contributed by atoms with Crippen molar-refractivity contribution in [1.82, 2.24) is 15.0 Å². The maximum Gasteiger partial charge on any atom is 0.167 e. The standard InChI is InChI=1S/C33H43N3O2/c1-6-7-8-9-10-11-22-38-26-12-13-27(28(37)23-26)31-35-29(24-14-18-32(2,3)19-15-24)34-30(36-31)25-16-20-33(4,5)21-17-25/h12-18,20,23,37H,6-11,19,21-22H2,1-5H3. The van der Waals surface area contributed by atoms with E-state index < -0.39 is 0 Å². The van der Waals surface area contributed by atoms with E-state index in [1.165, 1.54) is 32.1 Å². The van der Waals surface area contributed by atoms with Crippen molar-refractivity contribution >= 4 is 11.1 Å². The second kappa shape index (κ2) is 12.1. The first-order valence-electron chi connectivity index (χ1n) is 14.2. The van der Waals surface area contributed by atoms with E-state index in [4.69, 9.17) is 19.7 Å². The highest BCUT2D eigenvalue weighted by Crippen LogP contribution is 2.36. The lowest BCUT2D eigenvalue weighted by Crippen LogP contribution is -2.12. The zero-order valence-corrected chi connectivity index (χ0v) is 23.8. The van der Waals surface area contributed by atoms with Crippen molar-refractivity contribution in [2.75, 3.05) is 6.61 Å². The van der Waals surface area contributed by atoms with Gasteiger partial charge in [0.1, 0.15) is 11.5 Å². The Morgan fingerprint density at radius 2 is 1.32 bits per heavy atom. The van der Waals surface area contributed by atoms with Crippen LogP contribution in [0.3, 0.4) is 0 Å². The number of rotatable bonds is 11. The van der Waals surface area contributed by atoms with Crippen molar-refractivity contribution in [3.63, 3.8) is 0 Å². The quantitative estimate of drug-likeness (QED) is 0.304. The molecular weight excluding hydrogens is 470 g/mol. The van der Waals surface area contributed by atoms with Crippen LogP contribution >= 0.6 is 0 Å². The lowest BCUT2D eigenvalue weighted by Gasteiger charge is -2.23. The zero-order chi connectivity index (χ0) is 27.2. The molecular formula is C33H43N3O2. The van der Waals surface area contributed by atoms with Crippen molar-refractivity contribution in [1.29, 1.82) is 0 Å². The fourth-order valence-corrected chi connectivity index (χ4v) is 4.60. The Morgan fingerprint density at radius 1 is 0.763 bits per heavy atom. The molecule has 0 saturated heterocycles. The third-order valence-corrected chi connectivity index (χ3v) is 7.25. The number of phenols is 1. The number of hydrogen-bond acceptors (Lipinski definition) is 5. The molecule has 4 rings (SSSR count). The van der Waals surface area contributed by atoms with Crippen LogP contribution in [0.1, 0.15) is 97.6 Å². The minimum atomic E-state index is 0.108. The van der Waals surface area contributed by atoms with Crippen LogP contribution in [-0.4, -0.2) is 26.7 Å². The Balaban J connectivity index is 1.58. The molecule has 0 bridgehead atoms. The highest BCUT2D eigenvalue weighted by Gasteiger charge is 2.22. The van der Waals surface area contributed by atoms with Crippen molar-refractivity contribution in [2.45, 2.75) is 86.0 Å². The fourth-order valence-electron chi connectivity index (χ4n) is 4.60. The first kappa shape index (κ1) is 27.8. The van der Waals surface area contributed by atoms with Crippen LogP contribution in [0.15, 0.2) is 54.7 Å². The lowest BCUT2D eigenvalue weighted by molar-refractivity contribution is 0.303. The highest BCUT2D eigenvalue weighted by atomic mass is 16.5. The van der Waals surface area contributed by atoms with E-state index >= 15 is 0 Å². The summed E-state index contributed by atoms with van der Waals surface area (Å²) in [6.45, 7) is 11.7. The van der Waals surface area contributed by atoms with Gasteiger partial charge >= 0.3 is 0 Å². The van der Waals surface area contributed by atoms with Gasteiger partial charge in [0.2, 0.25) is 0 Å². The number of phenolic OH excluding ortho intramolecular Hbond substituents is 1. The SMILES string of the molecule is CCCCCCCCOc1ccc(-c2nc(C3=CCC(C)(C)C=C3)nc(C3=CCC(C)(C)C=C3)n2)c(O)c1. The van der Waals surface area contributed by atoms with Crippen LogP contribution in [0.5, 0.6) is 11.5 Å². The molecule has 0 unspecified atom stereocenters. The molecule has 2 aliphatic carbocycles. The van der Waals surface area contributed by atoms with Crippen LogP contribution in [0.4, 0.5) is 0 Å². The number of aromatic nitrogens is 3. The number of unbranched alkanes of at least 4 members (excludes halogenated alkanes) is 5. The van der Waals surface area contributed by atoms with Crippen LogP contribution in [0.2, 0.25) is 0 Å². The van der Waals surface area contributed by atoms with Crippen LogP contribution < -0.4 is 4.74 Å². The Bertz CT molecular complexity index is 1190. The molecule has 1 aromatic heterocycles. The molecule has 38 heavy (non-hydrogen) atoms. The topological polar surface area (TPSA) is 68.1 Å². The van der Waals surface area contributed by atoms with Gasteiger partial charge in [0.05, 0.1) is 12.2 Å². The molecule has 1 heterocycles. The Labute approximate surface area is 228 Å². The van der Waals surface area contributed by atoms with Crippen molar-refractivity contribution in [2.24, 2.45) is 10.8 Å². The zero-order valence-electron chi connectivity index (χ0n) is 23.8. The summed E-state index contributed by atoms with van der Waals surface area (Å²) in [6.07, 6.45) is 22.1. The highest BCUT2D eigenvalue weighted by molar-refractivity contribution is 5.77. The van der Waals surface area contributed by atoms with Gasteiger partial charge in [0, 0.05) is 17.2 Å². The summed E-state index contributed by atoms with van der Waals surface area (Å²) in [5.41, 5.74) is 2.77. The molecule has 0 atom stereocenters. The summed E-state index contributed by atoms with van der Waals surface area (Å²) in [7, 11) is 0. The normalized spacial score (nSPS) is 17.7. The van der Waals surface area contributed by atoms with Gasteiger partial charge in [-0.1, -0.05) is 103 Å². The predicted molar refractivity (Wildman–Crippen MR) is 157 cm³/mol. The molecule has 2 aliphatic rings.